The van der Waals surface area contributed by atoms with Crippen LogP contribution in [0.15, 0.2) is 94.5 Å². The smallest absolute Gasteiger partial charge is 0.260 e. The van der Waals surface area contributed by atoms with Gasteiger partial charge in [-0.05, 0) is 107 Å². The van der Waals surface area contributed by atoms with Crippen molar-refractivity contribution in [3.8, 4) is 67.5 Å². The largest absolute Gasteiger partial charge is 0.506 e. The summed E-state index contributed by atoms with van der Waals surface area (Å²) in [6, 6.07) is 26.9. The number of nitrogens with one attached hydrogen (secondary N) is 2. The van der Waals surface area contributed by atoms with Gasteiger partial charge in [0.2, 0.25) is 0 Å². The molecule has 0 aliphatic heterocycles. The number of aromatic amines is 2. The van der Waals surface area contributed by atoms with Crippen molar-refractivity contribution < 1.29 is 19.7 Å². The third-order valence-electron chi connectivity index (χ3n) is 11.1. The normalized spacial score (nSPS) is 13.0. The van der Waals surface area contributed by atoms with Crippen LogP contribution in [-0.2, 0) is 25.7 Å². The van der Waals surface area contributed by atoms with Crippen LogP contribution in [0.3, 0.4) is 0 Å². The summed E-state index contributed by atoms with van der Waals surface area (Å²) in [6.45, 7) is 0. The highest BCUT2D eigenvalue weighted by Crippen LogP contribution is 2.49. The van der Waals surface area contributed by atoms with Crippen LogP contribution in [-0.4, -0.2) is 34.4 Å². The van der Waals surface area contributed by atoms with Gasteiger partial charge in [-0.2, -0.15) is 0 Å². The van der Waals surface area contributed by atoms with Crippen LogP contribution in [0.4, 0.5) is 0 Å². The van der Waals surface area contributed by atoms with Crippen molar-refractivity contribution in [1.82, 2.24) is 9.97 Å². The van der Waals surface area contributed by atoms with Crippen molar-refractivity contribution in [3.05, 3.63) is 137 Å². The van der Waals surface area contributed by atoms with Gasteiger partial charge in [-0.1, -0.05) is 83.9 Å². The highest BCUT2D eigenvalue weighted by atomic mass is 35.5. The lowest BCUT2D eigenvalue weighted by Gasteiger charge is -2.10. The maximum atomic E-state index is 12.8. The van der Waals surface area contributed by atoms with E-state index in [1.54, 1.807) is 62.8 Å². The summed E-state index contributed by atoms with van der Waals surface area (Å²) in [7, 11) is 3.15. The minimum atomic E-state index is -0.360. The molecule has 4 aromatic heterocycles. The van der Waals surface area contributed by atoms with Gasteiger partial charge in [0.25, 0.3) is 11.1 Å². The number of benzene rings is 4. The second-order valence-electron chi connectivity index (χ2n) is 14.4. The summed E-state index contributed by atoms with van der Waals surface area (Å²) in [6.07, 6.45) is 6.65. The van der Waals surface area contributed by atoms with Crippen LogP contribution >= 0.6 is 45.9 Å². The molecule has 0 saturated heterocycles. The molecule has 0 saturated carbocycles. The molecular formula is C46H36Cl2N2O6S2. The van der Waals surface area contributed by atoms with Gasteiger partial charge in [-0.3, -0.25) is 9.59 Å². The van der Waals surface area contributed by atoms with E-state index in [0.717, 1.165) is 60.8 Å². The number of aromatic hydroxyl groups is 2. The van der Waals surface area contributed by atoms with Crippen LogP contribution < -0.4 is 20.6 Å². The molecule has 0 unspecified atom stereocenters. The molecule has 8 aromatic rings. The number of methoxy groups -OCH3 is 2. The van der Waals surface area contributed by atoms with Gasteiger partial charge < -0.3 is 29.7 Å². The van der Waals surface area contributed by atoms with Crippen LogP contribution in [0.1, 0.15) is 35.1 Å². The number of hydrogen-bond donors (Lipinski definition) is 4. The second kappa shape index (κ2) is 15.3. The zero-order valence-corrected chi connectivity index (χ0v) is 34.6. The number of thiophene rings is 2. The Balaban J connectivity index is 0.000000150. The second-order valence-corrected chi connectivity index (χ2v) is 17.6. The number of pyridine rings is 2. The van der Waals surface area contributed by atoms with Crippen molar-refractivity contribution in [2.24, 2.45) is 0 Å². The number of fused-ring (bicyclic) bond motifs is 4. The Hall–Kier alpha value is -5.52. The lowest BCUT2D eigenvalue weighted by molar-refractivity contribution is 0.415. The predicted octanol–water partition coefficient (Wildman–Crippen LogP) is 11.6. The van der Waals surface area contributed by atoms with Crippen LogP contribution in [0, 0.1) is 0 Å². The highest BCUT2D eigenvalue weighted by molar-refractivity contribution is 7.23. The first-order chi connectivity index (χ1) is 28.1. The van der Waals surface area contributed by atoms with Crippen LogP contribution in [0.2, 0.25) is 8.67 Å². The molecule has 292 valence electrons. The molecular weight excluding hydrogens is 812 g/mol. The number of hydrogen-bond acceptors (Lipinski definition) is 8. The Kier molecular flexibility index (Phi) is 10.1. The highest BCUT2D eigenvalue weighted by Gasteiger charge is 2.25. The summed E-state index contributed by atoms with van der Waals surface area (Å²) in [4.78, 5) is 32.4. The molecule has 4 aromatic carbocycles. The number of aryl methyl sites for hydroxylation is 4. The Morgan fingerprint density at radius 1 is 0.534 bits per heavy atom. The van der Waals surface area contributed by atoms with Gasteiger partial charge in [0.15, 0.2) is 0 Å². The molecule has 0 amide bonds. The van der Waals surface area contributed by atoms with E-state index in [-0.39, 0.29) is 33.7 Å². The monoisotopic (exact) mass is 846 g/mol. The molecule has 0 atom stereocenters. The van der Waals surface area contributed by atoms with E-state index in [1.807, 2.05) is 6.07 Å². The standard InChI is InChI=1S/2C23H18ClNO3S/c1-28-16-7-3-6-14(11-16)18-20(26)19-17(21(24)29-23(19)25-22(18)27)15-9-8-12-4-2-5-13(12)10-15;1-28-16-9-7-13(8-10-16)18-20(26)19-17(21(24)29-23(19)25-22(18)27)15-6-5-12-3-2-4-14(12)11-15/h3,6-11H,2,4-5H2,1H3,(H2,25,26,27);5-11H,2-4H2,1H3,(H2,25,26,27). The third kappa shape index (κ3) is 6.63. The maximum Gasteiger partial charge on any atom is 0.260 e. The zero-order chi connectivity index (χ0) is 40.2. The number of aromatic nitrogens is 2. The Bertz CT molecular complexity index is 3040. The summed E-state index contributed by atoms with van der Waals surface area (Å²) < 4.78 is 11.6. The zero-order valence-electron chi connectivity index (χ0n) is 31.4. The first-order valence-corrected chi connectivity index (χ1v) is 21.2. The van der Waals surface area contributed by atoms with Crippen molar-refractivity contribution in [1.29, 1.82) is 0 Å². The van der Waals surface area contributed by atoms with E-state index in [0.29, 0.717) is 51.7 Å². The van der Waals surface area contributed by atoms with Gasteiger partial charge in [-0.25, -0.2) is 0 Å². The van der Waals surface area contributed by atoms with Gasteiger partial charge >= 0.3 is 0 Å². The van der Waals surface area contributed by atoms with Crippen LogP contribution in [0.5, 0.6) is 23.0 Å². The van der Waals surface area contributed by atoms with Crippen molar-refractivity contribution in [3.63, 3.8) is 0 Å². The molecule has 2 aliphatic carbocycles. The van der Waals surface area contributed by atoms with Gasteiger partial charge in [0.1, 0.15) is 41.3 Å². The van der Waals surface area contributed by atoms with E-state index in [9.17, 15) is 19.8 Å². The fourth-order valence-electron chi connectivity index (χ4n) is 8.27. The summed E-state index contributed by atoms with van der Waals surface area (Å²) >= 11 is 15.7. The molecule has 0 fully saturated rings. The van der Waals surface area contributed by atoms with Gasteiger partial charge in [0, 0.05) is 11.1 Å². The topological polar surface area (TPSA) is 125 Å². The SMILES string of the molecule is COc1ccc(-c2c(O)c3c(-c4ccc5c(c4)CCC5)c(Cl)sc3[nH]c2=O)cc1.COc1cccc(-c2c(O)c3c(-c4ccc5c(c4)CCC5)c(Cl)sc3[nH]c2=O)c1. The van der Waals surface area contributed by atoms with E-state index in [1.165, 1.54) is 44.9 Å². The Morgan fingerprint density at radius 2 is 0.983 bits per heavy atom. The molecule has 4 heterocycles. The lowest BCUT2D eigenvalue weighted by Crippen LogP contribution is -2.08. The number of ether oxygens (including phenoxy) is 2. The predicted molar refractivity (Wildman–Crippen MR) is 237 cm³/mol. The van der Waals surface area contributed by atoms with E-state index in [2.05, 4.69) is 40.3 Å². The molecule has 12 heteroatoms. The summed E-state index contributed by atoms with van der Waals surface area (Å²) in [5, 5.41) is 23.5. The summed E-state index contributed by atoms with van der Waals surface area (Å²) in [5.74, 6) is 1.19. The number of H-pyrrole nitrogens is 2. The number of rotatable bonds is 6. The molecule has 4 N–H and O–H groups in total. The van der Waals surface area contributed by atoms with Crippen molar-refractivity contribution in [2.75, 3.05) is 14.2 Å². The third-order valence-corrected chi connectivity index (χ3v) is 13.7. The van der Waals surface area contributed by atoms with Crippen molar-refractivity contribution in [2.45, 2.75) is 38.5 Å². The Morgan fingerprint density at radius 3 is 1.48 bits per heavy atom. The fourth-order valence-corrected chi connectivity index (χ4v) is 11.0. The summed E-state index contributed by atoms with van der Waals surface area (Å²) in [5.41, 5.74) is 9.81. The Labute approximate surface area is 350 Å². The average molecular weight is 848 g/mol. The van der Waals surface area contributed by atoms with E-state index < -0.39 is 0 Å². The fraction of sp³-hybridized carbons (Fsp3) is 0.174. The first kappa shape index (κ1) is 38.0. The molecule has 0 bridgehead atoms. The molecule has 58 heavy (non-hydrogen) atoms. The van der Waals surface area contributed by atoms with E-state index in [4.69, 9.17) is 32.7 Å². The molecule has 10 rings (SSSR count). The van der Waals surface area contributed by atoms with Crippen molar-refractivity contribution >= 4 is 66.3 Å². The quantitative estimate of drug-likeness (QED) is 0.132. The maximum absolute atomic E-state index is 12.8. The minimum absolute atomic E-state index is 0.0486. The number of halogens is 2. The molecule has 2 aliphatic rings. The first-order valence-electron chi connectivity index (χ1n) is 18.8. The van der Waals surface area contributed by atoms with Gasteiger partial charge in [0.05, 0.1) is 36.1 Å². The molecule has 8 nitrogen and oxygen atoms in total. The molecule has 0 radical (unpaired) electrons. The van der Waals surface area contributed by atoms with Crippen LogP contribution in [0.25, 0.3) is 64.9 Å². The van der Waals surface area contributed by atoms with E-state index >= 15 is 0 Å². The average Bonchev–Trinajstić information content (AvgIpc) is 4.03. The van der Waals surface area contributed by atoms with Gasteiger partial charge in [-0.15, -0.1) is 22.7 Å². The lowest BCUT2D eigenvalue weighted by atomic mass is 9.98. The minimum Gasteiger partial charge on any atom is -0.506 e. The molecule has 0 spiro atoms.